The fourth-order valence-electron chi connectivity index (χ4n) is 4.50. The van der Waals surface area contributed by atoms with Gasteiger partial charge in [-0.25, -0.2) is 22.0 Å². The highest BCUT2D eigenvalue weighted by Crippen LogP contribution is 2.26. The highest BCUT2D eigenvalue weighted by atomic mass is 32.2. The summed E-state index contributed by atoms with van der Waals surface area (Å²) in [5, 5.41) is 0.138. The van der Waals surface area contributed by atoms with Crippen LogP contribution >= 0.6 is 0 Å². The zero-order valence-corrected chi connectivity index (χ0v) is 21.0. The van der Waals surface area contributed by atoms with Crippen LogP contribution in [0.2, 0.25) is 0 Å². The van der Waals surface area contributed by atoms with Crippen LogP contribution in [0.25, 0.3) is 10.9 Å². The van der Waals surface area contributed by atoms with Crippen molar-refractivity contribution in [3.63, 3.8) is 0 Å². The number of amides is 1. The largest absolute Gasteiger partial charge is 0.485 e. The summed E-state index contributed by atoms with van der Waals surface area (Å²) in [6.45, 7) is -1.31. The van der Waals surface area contributed by atoms with E-state index in [0.29, 0.717) is 37.0 Å². The Hall–Kier alpha value is -3.54. The predicted molar refractivity (Wildman–Crippen MR) is 133 cm³/mol. The van der Waals surface area contributed by atoms with Crippen molar-refractivity contribution in [1.29, 1.82) is 0 Å². The van der Waals surface area contributed by atoms with E-state index in [4.69, 9.17) is 4.74 Å². The number of aromatic nitrogens is 2. The molecule has 1 aliphatic rings. The summed E-state index contributed by atoms with van der Waals surface area (Å²) in [6.07, 6.45) is 1.53. The van der Waals surface area contributed by atoms with Gasteiger partial charge in [-0.1, -0.05) is 12.1 Å². The van der Waals surface area contributed by atoms with Gasteiger partial charge in [0.25, 0.3) is 5.56 Å². The normalized spacial score (nSPS) is 14.9. The summed E-state index contributed by atoms with van der Waals surface area (Å²) in [6, 6.07) is 9.95. The molecule has 2 heterocycles. The van der Waals surface area contributed by atoms with Crippen molar-refractivity contribution in [2.75, 3.05) is 32.7 Å². The first-order valence-corrected chi connectivity index (χ1v) is 13.6. The van der Waals surface area contributed by atoms with Gasteiger partial charge in [0, 0.05) is 25.4 Å². The molecule has 0 bridgehead atoms. The average molecular weight is 536 g/mol. The maximum absolute atomic E-state index is 13.7. The lowest BCUT2D eigenvalue weighted by molar-refractivity contribution is -0.119. The molecule has 0 atom stereocenters. The molecule has 0 spiro atoms. The molecule has 0 saturated carbocycles. The highest BCUT2D eigenvalue weighted by Gasteiger charge is 2.25. The van der Waals surface area contributed by atoms with E-state index < -0.39 is 40.5 Å². The lowest BCUT2D eigenvalue weighted by Gasteiger charge is -2.31. The molecule has 12 heteroatoms. The van der Waals surface area contributed by atoms with Crippen molar-refractivity contribution >= 4 is 27.2 Å². The van der Waals surface area contributed by atoms with Crippen LogP contribution in [0.15, 0.2) is 56.9 Å². The number of ether oxygens (including phenoxy) is 1. The van der Waals surface area contributed by atoms with Crippen LogP contribution in [0.5, 0.6) is 5.75 Å². The fourth-order valence-corrected chi connectivity index (χ4v) is 5.13. The molecule has 37 heavy (non-hydrogen) atoms. The number of benzene rings is 2. The molecular weight excluding hydrogens is 508 g/mol. The number of carbonyl (C=O) groups is 1. The second-order valence-electron chi connectivity index (χ2n) is 9.06. The number of alkyl halides is 2. The zero-order chi connectivity index (χ0) is 26.7. The molecule has 1 fully saturated rings. The molecule has 0 radical (unpaired) electrons. The number of likely N-dealkylation sites (tertiary alicyclic amines) is 1. The summed E-state index contributed by atoms with van der Waals surface area (Å²) in [5.41, 5.74) is -0.271. The van der Waals surface area contributed by atoms with Crippen molar-refractivity contribution in [3.8, 4) is 5.75 Å². The number of halogens is 2. The number of hydrogen-bond donors (Lipinski definition) is 0. The van der Waals surface area contributed by atoms with Crippen LogP contribution in [0.3, 0.4) is 0 Å². The predicted octanol–water partition coefficient (Wildman–Crippen LogP) is 2.09. The molecule has 2 aromatic carbocycles. The molecule has 0 N–H and O–H groups in total. The third kappa shape index (κ3) is 5.58. The van der Waals surface area contributed by atoms with Crippen LogP contribution in [0.4, 0.5) is 8.78 Å². The Morgan fingerprint density at radius 3 is 2.27 bits per heavy atom. The van der Waals surface area contributed by atoms with Crippen LogP contribution in [-0.4, -0.2) is 67.7 Å². The van der Waals surface area contributed by atoms with Gasteiger partial charge in [-0.05, 0) is 48.7 Å². The molecular formula is C25H27F2N3O6S. The van der Waals surface area contributed by atoms with Gasteiger partial charge in [0.2, 0.25) is 6.41 Å². The van der Waals surface area contributed by atoms with E-state index in [1.54, 1.807) is 4.90 Å². The second-order valence-corrected chi connectivity index (χ2v) is 11.1. The smallest absolute Gasteiger partial charge is 0.332 e. The van der Waals surface area contributed by atoms with Crippen LogP contribution in [-0.2, 0) is 21.2 Å². The first-order valence-electron chi connectivity index (χ1n) is 11.7. The molecule has 1 saturated heterocycles. The highest BCUT2D eigenvalue weighted by molar-refractivity contribution is 7.90. The monoisotopic (exact) mass is 535 g/mol. The van der Waals surface area contributed by atoms with Gasteiger partial charge in [0.05, 0.1) is 22.3 Å². The van der Waals surface area contributed by atoms with E-state index in [1.807, 2.05) is 0 Å². The maximum atomic E-state index is 13.7. The van der Waals surface area contributed by atoms with E-state index in [0.717, 1.165) is 17.2 Å². The molecule has 4 rings (SSSR count). The number of nitrogens with zero attached hydrogens (tertiary/aromatic N) is 3. The Balaban J connectivity index is 1.84. The third-order valence-electron chi connectivity index (χ3n) is 6.49. The number of carbonyl (C=O) groups excluding carboxylic acids is 1. The molecule has 1 amide bonds. The van der Waals surface area contributed by atoms with Gasteiger partial charge in [0.1, 0.15) is 19.1 Å². The van der Waals surface area contributed by atoms with Crippen LogP contribution in [0, 0.1) is 0 Å². The summed E-state index contributed by atoms with van der Waals surface area (Å²) in [5.74, 6) is 0.0925. The molecule has 1 aliphatic heterocycles. The van der Waals surface area contributed by atoms with E-state index in [-0.39, 0.29) is 28.6 Å². The summed E-state index contributed by atoms with van der Waals surface area (Å²) in [7, 11) is -3.42. The lowest BCUT2D eigenvalue weighted by atomic mass is 10.0. The van der Waals surface area contributed by atoms with Crippen LogP contribution in [0.1, 0.15) is 24.4 Å². The summed E-state index contributed by atoms with van der Waals surface area (Å²) in [4.78, 5) is 40.0. The molecule has 198 valence electrons. The standard InChI is InChI=1S/C25H27F2N3O6S/c1-37(34,35)21-5-2-17(3-6-21)15-29-24(32)22-12-19(36-20(13-26)14-27)4-7-23(22)30(25(29)33)18-8-10-28(16-31)11-9-18/h2-7,12,16,18,20H,8-11,13-15H2,1H3. The van der Waals surface area contributed by atoms with E-state index in [2.05, 4.69) is 0 Å². The van der Waals surface area contributed by atoms with Crippen molar-refractivity contribution in [2.24, 2.45) is 0 Å². The Kier molecular flexibility index (Phi) is 7.76. The van der Waals surface area contributed by atoms with Crippen molar-refractivity contribution in [1.82, 2.24) is 14.0 Å². The summed E-state index contributed by atoms with van der Waals surface area (Å²) >= 11 is 0. The van der Waals surface area contributed by atoms with E-state index in [1.165, 1.54) is 47.0 Å². The fraction of sp³-hybridized carbons (Fsp3) is 0.400. The SMILES string of the molecule is CS(=O)(=O)c1ccc(Cn2c(=O)c3cc(OC(CF)CF)ccc3n(C3CCN(C=O)CC3)c2=O)cc1. The van der Waals surface area contributed by atoms with Gasteiger partial charge < -0.3 is 9.64 Å². The molecule has 9 nitrogen and oxygen atoms in total. The van der Waals surface area contributed by atoms with Gasteiger partial charge >= 0.3 is 5.69 Å². The Morgan fingerprint density at radius 1 is 1.05 bits per heavy atom. The van der Waals surface area contributed by atoms with E-state index in [9.17, 15) is 31.6 Å². The number of rotatable bonds is 9. The lowest BCUT2D eigenvalue weighted by Crippen LogP contribution is -2.44. The van der Waals surface area contributed by atoms with Gasteiger partial charge in [-0.2, -0.15) is 0 Å². The summed E-state index contributed by atoms with van der Waals surface area (Å²) < 4.78 is 57.5. The Bertz CT molecular complexity index is 1510. The molecule has 0 unspecified atom stereocenters. The van der Waals surface area contributed by atoms with Crippen LogP contribution < -0.4 is 16.0 Å². The zero-order valence-electron chi connectivity index (χ0n) is 20.2. The third-order valence-corrected chi connectivity index (χ3v) is 7.62. The molecule has 1 aromatic heterocycles. The minimum absolute atomic E-state index is 0.0925. The number of fused-ring (bicyclic) bond motifs is 1. The number of piperidine rings is 1. The first kappa shape index (κ1) is 26.5. The molecule has 3 aromatic rings. The molecule has 0 aliphatic carbocycles. The van der Waals surface area contributed by atoms with Crippen molar-refractivity contribution in [2.45, 2.75) is 36.4 Å². The minimum atomic E-state index is -3.42. The Morgan fingerprint density at radius 2 is 1.70 bits per heavy atom. The first-order chi connectivity index (χ1) is 17.7. The number of sulfone groups is 1. The Labute approximate surface area is 211 Å². The maximum Gasteiger partial charge on any atom is 0.332 e. The quantitative estimate of drug-likeness (QED) is 0.389. The van der Waals surface area contributed by atoms with Crippen molar-refractivity contribution < 1.29 is 26.7 Å². The minimum Gasteiger partial charge on any atom is -0.485 e. The van der Waals surface area contributed by atoms with E-state index >= 15 is 0 Å². The number of hydrogen-bond acceptors (Lipinski definition) is 6. The van der Waals surface area contributed by atoms with Crippen molar-refractivity contribution in [3.05, 3.63) is 68.9 Å². The average Bonchev–Trinajstić information content (AvgIpc) is 2.90. The van der Waals surface area contributed by atoms with Gasteiger partial charge in [0.15, 0.2) is 15.9 Å². The van der Waals surface area contributed by atoms with Gasteiger partial charge in [-0.3, -0.25) is 18.7 Å². The van der Waals surface area contributed by atoms with Gasteiger partial charge in [-0.15, -0.1) is 0 Å². The topological polar surface area (TPSA) is 108 Å². The second kappa shape index (κ2) is 10.8.